The fraction of sp³-hybridized carbons (Fsp3) is 0.444. The summed E-state index contributed by atoms with van der Waals surface area (Å²) in [4.78, 5) is 5.47. The molecule has 0 aliphatic heterocycles. The monoisotopic (exact) mass is 223 g/mol. The predicted molar refractivity (Wildman–Crippen MR) is 61.1 cm³/mol. The lowest BCUT2D eigenvalue weighted by Gasteiger charge is -2.00. The van der Waals surface area contributed by atoms with E-state index in [1.807, 2.05) is 32.5 Å². The number of hydrogen-bond donors (Lipinski definition) is 1. The molecule has 2 aromatic heterocycles. The van der Waals surface area contributed by atoms with E-state index in [2.05, 4.69) is 20.5 Å². The summed E-state index contributed by atoms with van der Waals surface area (Å²) in [5.74, 6) is 1.62. The molecule has 2 heterocycles. The van der Waals surface area contributed by atoms with Gasteiger partial charge in [0.15, 0.2) is 5.82 Å². The first kappa shape index (κ1) is 10.1. The predicted octanol–water partition coefficient (Wildman–Crippen LogP) is 1.60. The van der Waals surface area contributed by atoms with E-state index >= 15 is 0 Å². The second-order valence-electron chi connectivity index (χ2n) is 3.30. The van der Waals surface area contributed by atoms with Crippen molar-refractivity contribution in [3.8, 4) is 10.7 Å². The van der Waals surface area contributed by atoms with E-state index < -0.39 is 0 Å². The zero-order valence-corrected chi connectivity index (χ0v) is 10.0. The Balaban J connectivity index is 2.54. The SMILES string of the molecule is CNc1nnc(-c2sc(C)nc2C)n1C. The zero-order valence-electron chi connectivity index (χ0n) is 9.20. The van der Waals surface area contributed by atoms with Crippen molar-refractivity contribution in [3.63, 3.8) is 0 Å². The molecule has 0 radical (unpaired) electrons. The third kappa shape index (κ3) is 1.61. The van der Waals surface area contributed by atoms with Gasteiger partial charge in [0.2, 0.25) is 5.95 Å². The van der Waals surface area contributed by atoms with Gasteiger partial charge in [-0.2, -0.15) is 0 Å². The number of aryl methyl sites for hydroxylation is 2. The van der Waals surface area contributed by atoms with Gasteiger partial charge in [-0.3, -0.25) is 4.57 Å². The fourth-order valence-corrected chi connectivity index (χ4v) is 2.42. The van der Waals surface area contributed by atoms with Gasteiger partial charge in [-0.25, -0.2) is 4.98 Å². The summed E-state index contributed by atoms with van der Waals surface area (Å²) < 4.78 is 1.93. The lowest BCUT2D eigenvalue weighted by Crippen LogP contribution is -1.99. The van der Waals surface area contributed by atoms with Crippen LogP contribution in [-0.4, -0.2) is 26.8 Å². The Hall–Kier alpha value is -1.43. The normalized spacial score (nSPS) is 10.7. The number of thiazole rings is 1. The highest BCUT2D eigenvalue weighted by Gasteiger charge is 2.14. The maximum atomic E-state index is 4.38. The molecule has 0 aliphatic carbocycles. The smallest absolute Gasteiger partial charge is 0.224 e. The molecule has 0 saturated carbocycles. The summed E-state index contributed by atoms with van der Waals surface area (Å²) in [6, 6.07) is 0. The van der Waals surface area contributed by atoms with Crippen LogP contribution in [0.4, 0.5) is 5.95 Å². The second kappa shape index (κ2) is 3.62. The Kier molecular flexibility index (Phi) is 2.44. The molecule has 0 aromatic carbocycles. The number of hydrogen-bond acceptors (Lipinski definition) is 5. The lowest BCUT2D eigenvalue weighted by atomic mass is 10.4. The maximum Gasteiger partial charge on any atom is 0.224 e. The standard InChI is InChI=1S/C9H13N5S/c1-5-7(15-6(2)11-5)8-12-13-9(10-3)14(8)4/h1-4H3,(H,10,13). The van der Waals surface area contributed by atoms with Gasteiger partial charge in [-0.15, -0.1) is 21.5 Å². The molecule has 2 aromatic rings. The van der Waals surface area contributed by atoms with Crippen LogP contribution in [0.15, 0.2) is 0 Å². The van der Waals surface area contributed by atoms with Crippen molar-refractivity contribution < 1.29 is 0 Å². The third-order valence-corrected chi connectivity index (χ3v) is 3.27. The van der Waals surface area contributed by atoms with Gasteiger partial charge in [-0.05, 0) is 13.8 Å². The number of nitrogens with one attached hydrogen (secondary N) is 1. The Morgan fingerprint density at radius 1 is 1.27 bits per heavy atom. The molecule has 0 fully saturated rings. The van der Waals surface area contributed by atoms with Gasteiger partial charge >= 0.3 is 0 Å². The van der Waals surface area contributed by atoms with E-state index in [1.165, 1.54) is 0 Å². The molecule has 5 nitrogen and oxygen atoms in total. The van der Waals surface area contributed by atoms with Crippen molar-refractivity contribution >= 4 is 17.3 Å². The molecule has 0 amide bonds. The molecule has 1 N–H and O–H groups in total. The molecule has 0 bridgehead atoms. The molecule has 0 spiro atoms. The van der Waals surface area contributed by atoms with Crippen molar-refractivity contribution in [1.82, 2.24) is 19.7 Å². The van der Waals surface area contributed by atoms with E-state index in [4.69, 9.17) is 0 Å². The van der Waals surface area contributed by atoms with Crippen LogP contribution >= 0.6 is 11.3 Å². The van der Waals surface area contributed by atoms with E-state index in [9.17, 15) is 0 Å². The van der Waals surface area contributed by atoms with E-state index in [1.54, 1.807) is 11.3 Å². The average Bonchev–Trinajstić information content (AvgIpc) is 2.69. The molecule has 0 saturated heterocycles. The molecular weight excluding hydrogens is 210 g/mol. The van der Waals surface area contributed by atoms with E-state index in [-0.39, 0.29) is 0 Å². The van der Waals surface area contributed by atoms with Crippen molar-refractivity contribution in [2.24, 2.45) is 7.05 Å². The van der Waals surface area contributed by atoms with Gasteiger partial charge in [0.25, 0.3) is 0 Å². The summed E-state index contributed by atoms with van der Waals surface area (Å²) in [5.41, 5.74) is 1.01. The van der Waals surface area contributed by atoms with Crippen LogP contribution in [0.5, 0.6) is 0 Å². The second-order valence-corrected chi connectivity index (χ2v) is 4.51. The largest absolute Gasteiger partial charge is 0.357 e. The molecule has 80 valence electrons. The summed E-state index contributed by atoms with van der Waals surface area (Å²) in [5, 5.41) is 12.2. The Morgan fingerprint density at radius 2 is 2.00 bits per heavy atom. The molecule has 6 heteroatoms. The minimum atomic E-state index is 0.760. The van der Waals surface area contributed by atoms with Gasteiger partial charge in [0.1, 0.15) is 0 Å². The third-order valence-electron chi connectivity index (χ3n) is 2.21. The van der Waals surface area contributed by atoms with Crippen molar-refractivity contribution in [2.75, 3.05) is 12.4 Å². The van der Waals surface area contributed by atoms with Gasteiger partial charge in [0.05, 0.1) is 15.6 Å². The quantitative estimate of drug-likeness (QED) is 0.840. The Bertz CT molecular complexity index is 485. The minimum Gasteiger partial charge on any atom is -0.357 e. The Morgan fingerprint density at radius 3 is 2.47 bits per heavy atom. The van der Waals surface area contributed by atoms with Gasteiger partial charge in [-0.1, -0.05) is 0 Å². The van der Waals surface area contributed by atoms with Gasteiger partial charge in [0, 0.05) is 14.1 Å². The molecule has 0 aliphatic rings. The van der Waals surface area contributed by atoms with Crippen molar-refractivity contribution in [2.45, 2.75) is 13.8 Å². The molecule has 0 unspecified atom stereocenters. The summed E-state index contributed by atoms with van der Waals surface area (Å²) in [6.45, 7) is 3.99. The van der Waals surface area contributed by atoms with Crippen LogP contribution in [-0.2, 0) is 7.05 Å². The van der Waals surface area contributed by atoms with Crippen LogP contribution < -0.4 is 5.32 Å². The molecule has 2 rings (SSSR count). The van der Waals surface area contributed by atoms with Crippen LogP contribution in [0.25, 0.3) is 10.7 Å². The van der Waals surface area contributed by atoms with E-state index in [0.717, 1.165) is 27.4 Å². The summed E-state index contributed by atoms with van der Waals surface area (Å²) in [7, 11) is 3.77. The first-order valence-electron chi connectivity index (χ1n) is 4.65. The highest BCUT2D eigenvalue weighted by Crippen LogP contribution is 2.28. The van der Waals surface area contributed by atoms with Crippen molar-refractivity contribution in [1.29, 1.82) is 0 Å². The van der Waals surface area contributed by atoms with Gasteiger partial charge < -0.3 is 5.32 Å². The summed E-state index contributed by atoms with van der Waals surface area (Å²) >= 11 is 1.64. The zero-order chi connectivity index (χ0) is 11.0. The number of anilines is 1. The highest BCUT2D eigenvalue weighted by atomic mass is 32.1. The number of nitrogens with zero attached hydrogens (tertiary/aromatic N) is 4. The topological polar surface area (TPSA) is 55.6 Å². The summed E-state index contributed by atoms with van der Waals surface area (Å²) in [6.07, 6.45) is 0. The fourth-order valence-electron chi connectivity index (χ4n) is 1.48. The van der Waals surface area contributed by atoms with E-state index in [0.29, 0.717) is 0 Å². The average molecular weight is 223 g/mol. The minimum absolute atomic E-state index is 0.760. The highest BCUT2D eigenvalue weighted by molar-refractivity contribution is 7.15. The number of rotatable bonds is 2. The first-order chi connectivity index (χ1) is 7.13. The first-order valence-corrected chi connectivity index (χ1v) is 5.46. The molecule has 15 heavy (non-hydrogen) atoms. The molecular formula is C9H13N5S. The van der Waals surface area contributed by atoms with Crippen LogP contribution in [0, 0.1) is 13.8 Å². The Labute approximate surface area is 92.2 Å². The number of aromatic nitrogens is 4. The van der Waals surface area contributed by atoms with Crippen LogP contribution in [0.1, 0.15) is 10.7 Å². The van der Waals surface area contributed by atoms with Crippen LogP contribution in [0.3, 0.4) is 0 Å². The van der Waals surface area contributed by atoms with Crippen molar-refractivity contribution in [3.05, 3.63) is 10.7 Å². The molecule has 0 atom stereocenters. The maximum absolute atomic E-state index is 4.38. The lowest BCUT2D eigenvalue weighted by molar-refractivity contribution is 0.925. The van der Waals surface area contributed by atoms with Crippen LogP contribution in [0.2, 0.25) is 0 Å².